The van der Waals surface area contributed by atoms with Crippen molar-refractivity contribution in [3.63, 3.8) is 0 Å². The van der Waals surface area contributed by atoms with Crippen molar-refractivity contribution < 1.29 is 38.6 Å². The maximum atomic E-state index is 14.7. The van der Waals surface area contributed by atoms with Crippen LogP contribution in [0, 0.1) is 17.3 Å². The van der Waals surface area contributed by atoms with Gasteiger partial charge in [-0.1, -0.05) is 39.8 Å². The van der Waals surface area contributed by atoms with Gasteiger partial charge in [0.1, 0.15) is 23.9 Å². The molecule has 16 nitrogen and oxygen atoms in total. The fraction of sp³-hybridized carbons (Fsp3) is 0.520. The van der Waals surface area contributed by atoms with Gasteiger partial charge in [0, 0.05) is 87.6 Å². The number of rotatable bonds is 10. The Morgan fingerprint density at radius 1 is 1.08 bits per heavy atom. The van der Waals surface area contributed by atoms with Gasteiger partial charge in [0.15, 0.2) is 0 Å². The van der Waals surface area contributed by atoms with E-state index in [1.54, 1.807) is 37.4 Å². The zero-order chi connectivity index (χ0) is 47.0. The molecular weight excluding hydrogens is 841 g/mol. The van der Waals surface area contributed by atoms with Crippen molar-refractivity contribution in [2.45, 2.75) is 104 Å². The first-order valence-corrected chi connectivity index (χ1v) is 23.3. The van der Waals surface area contributed by atoms with E-state index in [2.05, 4.69) is 58.5 Å². The van der Waals surface area contributed by atoms with E-state index in [1.165, 1.54) is 9.91 Å². The molecule has 0 saturated carbocycles. The van der Waals surface area contributed by atoms with Crippen molar-refractivity contribution in [3.8, 4) is 28.1 Å². The molecule has 352 valence electrons. The van der Waals surface area contributed by atoms with Crippen LogP contribution in [0.15, 0.2) is 54.9 Å². The van der Waals surface area contributed by atoms with E-state index in [9.17, 15) is 29.1 Å². The molecule has 6 bridgehead atoms. The first-order valence-electron chi connectivity index (χ1n) is 23.3. The van der Waals surface area contributed by atoms with Crippen LogP contribution >= 0.6 is 0 Å². The zero-order valence-electron chi connectivity index (χ0n) is 39.2. The summed E-state index contributed by atoms with van der Waals surface area (Å²) in [7, 11) is 3.28. The number of fused-ring (bicyclic) bond motifs is 6. The highest BCUT2D eigenvalue weighted by Gasteiger charge is 2.42. The number of benzene rings is 2. The first kappa shape index (κ1) is 46.7. The van der Waals surface area contributed by atoms with Crippen LogP contribution in [0.4, 0.5) is 0 Å². The van der Waals surface area contributed by atoms with Crippen molar-refractivity contribution in [1.29, 1.82) is 0 Å². The van der Waals surface area contributed by atoms with Crippen LogP contribution in [0.2, 0.25) is 0 Å². The number of cyclic esters (lactones) is 1. The molecule has 0 unspecified atom stereocenters. The number of aromatic hydroxyl groups is 1. The molecule has 0 aliphatic carbocycles. The molecule has 4 aliphatic rings. The Kier molecular flexibility index (Phi) is 13.6. The van der Waals surface area contributed by atoms with Gasteiger partial charge in [0.25, 0.3) is 5.91 Å². The van der Waals surface area contributed by atoms with Crippen LogP contribution in [0.3, 0.4) is 0 Å². The minimum atomic E-state index is -1.15. The number of aromatic nitrogens is 2. The molecule has 6 heterocycles. The van der Waals surface area contributed by atoms with E-state index in [1.807, 2.05) is 38.2 Å². The standard InChI is InChI=1S/C50H64N8O8/c1-8-57-42-12-11-31-22-36(42)37(44(57)38-24-51-15-13-33(38)27-65-7)23-50(4,5)28-66-49(64)39-10-9-16-58(54-39)48(63)40(20-30-18-34(31)21-35(59)19-30)53-45(60)43(29(2)3)55(6)46(61)32-14-17-56(26-32)47(62)41-25-52-41/h11-13,15,18-19,21-22,24,29,32,39-41,43,52,54,59H,8-10,14,16-17,20,23,25-28H2,1-7H3,(H,53,60)/t32-,39-,40-,41+,43-/m0/s1. The van der Waals surface area contributed by atoms with Crippen LogP contribution in [0.5, 0.6) is 5.75 Å². The second kappa shape index (κ2) is 19.2. The number of nitrogens with one attached hydrogen (secondary N) is 3. The number of nitrogens with zero attached hydrogens (tertiary/aromatic N) is 5. The van der Waals surface area contributed by atoms with Crippen LogP contribution < -0.4 is 16.1 Å². The zero-order valence-corrected chi connectivity index (χ0v) is 39.2. The molecule has 4 amide bonds. The summed E-state index contributed by atoms with van der Waals surface area (Å²) in [6.07, 6.45) is 5.64. The number of amides is 4. The molecule has 5 atom stereocenters. The number of methoxy groups -OCH3 is 1. The smallest absolute Gasteiger partial charge is 0.324 e. The number of carbonyl (C=O) groups is 5. The molecule has 0 radical (unpaired) electrons. The summed E-state index contributed by atoms with van der Waals surface area (Å²) in [6, 6.07) is 10.3. The van der Waals surface area contributed by atoms with Gasteiger partial charge in [-0.05, 0) is 96.7 Å². The van der Waals surface area contributed by atoms with E-state index in [4.69, 9.17) is 9.47 Å². The number of pyridine rings is 1. The van der Waals surface area contributed by atoms with E-state index < -0.39 is 47.2 Å². The number of phenols is 1. The highest BCUT2D eigenvalue weighted by Crippen LogP contribution is 2.41. The van der Waals surface area contributed by atoms with Crippen LogP contribution in [-0.2, 0) is 59.4 Å². The third kappa shape index (κ3) is 9.67. The quantitative estimate of drug-likeness (QED) is 0.132. The molecule has 8 rings (SSSR count). The lowest BCUT2D eigenvalue weighted by Crippen LogP contribution is -2.62. The van der Waals surface area contributed by atoms with Gasteiger partial charge >= 0.3 is 5.97 Å². The molecule has 0 spiro atoms. The molecule has 4 aromatic rings. The maximum absolute atomic E-state index is 14.7. The Labute approximate surface area is 386 Å². The van der Waals surface area contributed by atoms with E-state index >= 15 is 0 Å². The highest BCUT2D eigenvalue weighted by molar-refractivity contribution is 5.96. The maximum Gasteiger partial charge on any atom is 0.324 e. The number of likely N-dealkylation sites (tertiary alicyclic amines) is 1. The summed E-state index contributed by atoms with van der Waals surface area (Å²) < 4.78 is 14.0. The van der Waals surface area contributed by atoms with Crippen molar-refractivity contribution >= 4 is 40.5 Å². The average molecular weight is 905 g/mol. The van der Waals surface area contributed by atoms with Crippen molar-refractivity contribution in [2.24, 2.45) is 17.3 Å². The Bertz CT molecular complexity index is 2510. The highest BCUT2D eigenvalue weighted by atomic mass is 16.5. The fourth-order valence-corrected chi connectivity index (χ4v) is 10.2. The van der Waals surface area contributed by atoms with Gasteiger partial charge < -0.3 is 39.6 Å². The summed E-state index contributed by atoms with van der Waals surface area (Å²) in [5.41, 5.74) is 9.77. The SMILES string of the molecule is CCn1c(-c2cnccc2COC)c2c3cc(ccc31)-c1cc(O)cc(c1)C[C@H](NC(=O)[C@H](C(C)C)N(C)C(=O)[C@H]1CCN(C(=O)[C@H]3CN3)C1)C(=O)N1CCC[C@H](N1)C(=O)OCC(C)(C)C2. The second-order valence-electron chi connectivity index (χ2n) is 19.6. The number of hydrogen-bond donors (Lipinski definition) is 4. The number of carbonyl (C=O) groups excluding carboxylic acids is 5. The largest absolute Gasteiger partial charge is 0.508 e. The van der Waals surface area contributed by atoms with E-state index in [0.717, 1.165) is 44.4 Å². The van der Waals surface area contributed by atoms with Crippen LogP contribution in [0.25, 0.3) is 33.3 Å². The molecule has 2 aromatic carbocycles. The number of likely N-dealkylation sites (N-methyl/N-ethyl adjacent to an activating group) is 1. The van der Waals surface area contributed by atoms with Crippen molar-refractivity contribution in [3.05, 3.63) is 71.5 Å². The van der Waals surface area contributed by atoms with Crippen molar-refractivity contribution in [2.75, 3.05) is 46.9 Å². The number of esters is 1. The van der Waals surface area contributed by atoms with E-state index in [-0.39, 0.29) is 55.6 Å². The van der Waals surface area contributed by atoms with Crippen molar-refractivity contribution in [1.82, 2.24) is 40.4 Å². The lowest BCUT2D eigenvalue weighted by atomic mass is 9.84. The number of aryl methyl sites for hydroxylation is 1. The Morgan fingerprint density at radius 2 is 1.86 bits per heavy atom. The molecule has 3 fully saturated rings. The normalized spacial score (nSPS) is 22.5. The second-order valence-corrected chi connectivity index (χ2v) is 19.6. The lowest BCUT2D eigenvalue weighted by molar-refractivity contribution is -0.155. The summed E-state index contributed by atoms with van der Waals surface area (Å²) >= 11 is 0. The molecule has 4 aliphatic heterocycles. The lowest BCUT2D eigenvalue weighted by Gasteiger charge is -2.37. The number of hydrogen-bond acceptors (Lipinski definition) is 11. The monoisotopic (exact) mass is 904 g/mol. The summed E-state index contributed by atoms with van der Waals surface area (Å²) in [4.78, 5) is 77.6. The minimum absolute atomic E-state index is 0.00202. The molecule has 2 aromatic heterocycles. The topological polar surface area (TPSA) is 198 Å². The number of phenolic OH excluding ortho intramolecular Hbond substituents is 1. The Balaban J connectivity index is 1.17. The van der Waals surface area contributed by atoms with Gasteiger partial charge in [-0.15, -0.1) is 0 Å². The molecule has 4 N–H and O–H groups in total. The van der Waals surface area contributed by atoms with Gasteiger partial charge in [-0.2, -0.15) is 0 Å². The number of ether oxygens (including phenoxy) is 2. The van der Waals surface area contributed by atoms with Crippen LogP contribution in [0.1, 0.15) is 70.6 Å². The first-order chi connectivity index (χ1) is 31.6. The minimum Gasteiger partial charge on any atom is -0.508 e. The predicted molar refractivity (Wildman–Crippen MR) is 248 cm³/mol. The molecule has 3 saturated heterocycles. The Morgan fingerprint density at radius 3 is 2.59 bits per heavy atom. The predicted octanol–water partition coefficient (Wildman–Crippen LogP) is 4.19. The van der Waals surface area contributed by atoms with Gasteiger partial charge in [0.2, 0.25) is 17.7 Å². The average Bonchev–Trinajstić information content (AvgIpc) is 3.95. The molecule has 66 heavy (non-hydrogen) atoms. The van der Waals surface area contributed by atoms with E-state index in [0.29, 0.717) is 57.5 Å². The summed E-state index contributed by atoms with van der Waals surface area (Å²) in [5.74, 6) is -2.51. The van der Waals surface area contributed by atoms with Gasteiger partial charge in [-0.3, -0.25) is 34.0 Å². The third-order valence-electron chi connectivity index (χ3n) is 13.5. The third-order valence-corrected chi connectivity index (χ3v) is 13.5. The van der Waals surface area contributed by atoms with Gasteiger partial charge in [0.05, 0.1) is 30.9 Å². The fourth-order valence-electron chi connectivity index (χ4n) is 10.2. The van der Waals surface area contributed by atoms with Gasteiger partial charge in [-0.25, -0.2) is 5.43 Å². The summed E-state index contributed by atoms with van der Waals surface area (Å²) in [6.45, 7) is 12.8. The molecule has 16 heteroatoms. The summed E-state index contributed by atoms with van der Waals surface area (Å²) in [5, 5.41) is 19.8. The Hall–Kier alpha value is -5.84. The van der Waals surface area contributed by atoms with Crippen LogP contribution in [-0.4, -0.2) is 130 Å². The number of hydrazine groups is 1. The molecular formula is C50H64N8O8.